The highest BCUT2D eigenvalue weighted by Crippen LogP contribution is 2.22. The zero-order valence-electron chi connectivity index (χ0n) is 12.5. The molecule has 0 spiro atoms. The summed E-state index contributed by atoms with van der Waals surface area (Å²) < 4.78 is 1.47. The third-order valence-corrected chi connectivity index (χ3v) is 4.26. The van der Waals surface area contributed by atoms with E-state index in [2.05, 4.69) is 16.2 Å². The molecule has 0 radical (unpaired) electrons. The molecule has 2 heterocycles. The quantitative estimate of drug-likeness (QED) is 0.694. The Bertz CT molecular complexity index is 861. The zero-order valence-corrected chi connectivity index (χ0v) is 13.3. The summed E-state index contributed by atoms with van der Waals surface area (Å²) in [6.45, 7) is 0.468. The average Bonchev–Trinajstić information content (AvgIpc) is 3.23. The Morgan fingerprint density at radius 2 is 2.26 bits per heavy atom. The predicted octanol–water partition coefficient (Wildman–Crippen LogP) is 2.70. The molecule has 3 aromatic rings. The van der Waals surface area contributed by atoms with Gasteiger partial charge in [-0.15, -0.1) is 22.9 Å². The maximum absolute atomic E-state index is 12.9. The Morgan fingerprint density at radius 3 is 2.91 bits per heavy atom. The van der Waals surface area contributed by atoms with Crippen LogP contribution >= 0.6 is 11.3 Å². The van der Waals surface area contributed by atoms with Crippen LogP contribution in [0.25, 0.3) is 0 Å². The maximum Gasteiger partial charge on any atom is 0.278 e. The van der Waals surface area contributed by atoms with Gasteiger partial charge in [-0.25, -0.2) is 4.68 Å². The number of carbonyl (C=O) groups excluding carboxylic acids is 1. The van der Waals surface area contributed by atoms with Crippen LogP contribution in [0.15, 0.2) is 48.0 Å². The highest BCUT2D eigenvalue weighted by Gasteiger charge is 2.22. The molecule has 2 aromatic heterocycles. The van der Waals surface area contributed by atoms with Gasteiger partial charge in [0.05, 0.1) is 12.7 Å². The summed E-state index contributed by atoms with van der Waals surface area (Å²) in [5.41, 5.74) is 1.90. The van der Waals surface area contributed by atoms with Crippen LogP contribution in [-0.2, 0) is 13.6 Å². The largest absolute Gasteiger partial charge is 0.302 e. The second kappa shape index (κ2) is 6.46. The van der Waals surface area contributed by atoms with Crippen molar-refractivity contribution in [1.29, 1.82) is 0 Å². The number of hydrogen-bond acceptors (Lipinski definition) is 4. The first-order chi connectivity index (χ1) is 11.2. The van der Waals surface area contributed by atoms with Gasteiger partial charge in [0.15, 0.2) is 0 Å². The number of aromatic nitrogens is 3. The number of anilines is 1. The fraction of sp³-hybridized carbons (Fsp3) is 0.118. The summed E-state index contributed by atoms with van der Waals surface area (Å²) in [5.74, 6) is 2.43. The molecule has 0 N–H and O–H groups in total. The molecule has 0 saturated carbocycles. The van der Waals surface area contributed by atoms with Gasteiger partial charge in [0.1, 0.15) is 5.69 Å². The molecule has 0 bridgehead atoms. The van der Waals surface area contributed by atoms with Crippen molar-refractivity contribution in [2.24, 2.45) is 7.05 Å². The number of thiophene rings is 1. The maximum atomic E-state index is 12.9. The molecule has 0 saturated heterocycles. The third kappa shape index (κ3) is 3.15. The fourth-order valence-corrected chi connectivity index (χ4v) is 2.92. The molecule has 0 aliphatic carbocycles. The highest BCUT2D eigenvalue weighted by atomic mass is 32.1. The van der Waals surface area contributed by atoms with Crippen LogP contribution in [0, 0.1) is 12.3 Å². The Kier molecular flexibility index (Phi) is 4.22. The molecule has 0 aliphatic rings. The summed E-state index contributed by atoms with van der Waals surface area (Å²) in [6, 6.07) is 11.3. The fourth-order valence-electron chi connectivity index (χ4n) is 2.22. The number of amides is 1. The number of aryl methyl sites for hydroxylation is 1. The first-order valence-electron chi connectivity index (χ1n) is 6.94. The second-order valence-electron chi connectivity index (χ2n) is 4.91. The molecule has 1 aromatic carbocycles. The Labute approximate surface area is 138 Å². The number of terminal acetylenes is 1. The second-order valence-corrected chi connectivity index (χ2v) is 5.94. The van der Waals surface area contributed by atoms with Crippen LogP contribution in [0.4, 0.5) is 5.69 Å². The Hall–Kier alpha value is -2.91. The summed E-state index contributed by atoms with van der Waals surface area (Å²) in [4.78, 5) is 15.7. The number of nitrogens with zero attached hydrogens (tertiary/aromatic N) is 4. The van der Waals surface area contributed by atoms with E-state index < -0.39 is 0 Å². The van der Waals surface area contributed by atoms with E-state index in [1.807, 2.05) is 41.8 Å². The number of hydrogen-bond donors (Lipinski definition) is 0. The number of carbonyl (C=O) groups is 1. The summed E-state index contributed by atoms with van der Waals surface area (Å²) in [5, 5.41) is 9.61. The first kappa shape index (κ1) is 15.0. The van der Waals surface area contributed by atoms with Gasteiger partial charge in [0.2, 0.25) is 0 Å². The lowest BCUT2D eigenvalue weighted by molar-refractivity contribution is 0.0976. The molecular weight excluding hydrogens is 308 g/mol. The molecule has 23 heavy (non-hydrogen) atoms. The summed E-state index contributed by atoms with van der Waals surface area (Å²) >= 11 is 1.60. The van der Waals surface area contributed by atoms with Gasteiger partial charge in [0, 0.05) is 23.2 Å². The van der Waals surface area contributed by atoms with Gasteiger partial charge in [-0.05, 0) is 29.6 Å². The first-order valence-corrected chi connectivity index (χ1v) is 7.82. The van der Waals surface area contributed by atoms with Gasteiger partial charge in [0.25, 0.3) is 5.91 Å². The van der Waals surface area contributed by atoms with Crippen molar-refractivity contribution in [3.8, 4) is 12.3 Å². The lowest BCUT2D eigenvalue weighted by Gasteiger charge is -2.22. The van der Waals surface area contributed by atoms with Gasteiger partial charge in [-0.1, -0.05) is 23.3 Å². The molecule has 0 atom stereocenters. The monoisotopic (exact) mass is 322 g/mol. The van der Waals surface area contributed by atoms with E-state index in [0.29, 0.717) is 12.2 Å². The van der Waals surface area contributed by atoms with Gasteiger partial charge < -0.3 is 4.90 Å². The van der Waals surface area contributed by atoms with E-state index >= 15 is 0 Å². The average molecular weight is 322 g/mol. The minimum atomic E-state index is -0.167. The van der Waals surface area contributed by atoms with Crippen molar-refractivity contribution in [3.63, 3.8) is 0 Å². The van der Waals surface area contributed by atoms with E-state index in [-0.39, 0.29) is 5.91 Å². The van der Waals surface area contributed by atoms with Gasteiger partial charge in [-0.3, -0.25) is 4.79 Å². The topological polar surface area (TPSA) is 51.0 Å². The van der Waals surface area contributed by atoms with E-state index in [4.69, 9.17) is 6.42 Å². The third-order valence-electron chi connectivity index (χ3n) is 3.40. The zero-order chi connectivity index (χ0) is 16.2. The van der Waals surface area contributed by atoms with Crippen LogP contribution < -0.4 is 4.90 Å². The van der Waals surface area contributed by atoms with Crippen molar-refractivity contribution in [1.82, 2.24) is 15.0 Å². The van der Waals surface area contributed by atoms with Crippen molar-refractivity contribution >= 4 is 22.9 Å². The highest BCUT2D eigenvalue weighted by molar-refractivity contribution is 7.09. The van der Waals surface area contributed by atoms with Crippen LogP contribution in [0.2, 0.25) is 0 Å². The smallest absolute Gasteiger partial charge is 0.278 e. The van der Waals surface area contributed by atoms with E-state index in [9.17, 15) is 4.79 Å². The lowest BCUT2D eigenvalue weighted by atomic mass is 10.2. The van der Waals surface area contributed by atoms with Gasteiger partial charge in [-0.2, -0.15) is 0 Å². The van der Waals surface area contributed by atoms with Crippen molar-refractivity contribution in [2.75, 3.05) is 4.90 Å². The van der Waals surface area contributed by atoms with E-state index in [1.54, 1.807) is 23.3 Å². The molecule has 5 nitrogen and oxygen atoms in total. The molecule has 0 aliphatic heterocycles. The molecular formula is C17H14N4OS. The van der Waals surface area contributed by atoms with Crippen LogP contribution in [0.3, 0.4) is 0 Å². The number of rotatable bonds is 4. The predicted molar refractivity (Wildman–Crippen MR) is 90.2 cm³/mol. The van der Waals surface area contributed by atoms with Crippen LogP contribution in [0.1, 0.15) is 20.9 Å². The molecule has 114 valence electrons. The Morgan fingerprint density at radius 1 is 1.39 bits per heavy atom. The minimum Gasteiger partial charge on any atom is -0.302 e. The number of benzene rings is 1. The van der Waals surface area contributed by atoms with Gasteiger partial charge >= 0.3 is 0 Å². The molecule has 6 heteroatoms. The Balaban J connectivity index is 2.01. The van der Waals surface area contributed by atoms with E-state index in [1.165, 1.54) is 10.9 Å². The molecule has 0 fully saturated rings. The van der Waals surface area contributed by atoms with Crippen LogP contribution in [-0.4, -0.2) is 20.9 Å². The molecule has 0 unspecified atom stereocenters. The SMILES string of the molecule is C#Cc1cccc(N(Cc2cccs2)C(=O)c2cnnn2C)c1. The normalized spacial score (nSPS) is 10.3. The van der Waals surface area contributed by atoms with Crippen molar-refractivity contribution in [2.45, 2.75) is 6.54 Å². The van der Waals surface area contributed by atoms with Crippen molar-refractivity contribution in [3.05, 3.63) is 64.1 Å². The van der Waals surface area contributed by atoms with Crippen LogP contribution in [0.5, 0.6) is 0 Å². The van der Waals surface area contributed by atoms with Crippen molar-refractivity contribution < 1.29 is 4.79 Å². The molecule has 1 amide bonds. The lowest BCUT2D eigenvalue weighted by Crippen LogP contribution is -2.31. The minimum absolute atomic E-state index is 0.167. The van der Waals surface area contributed by atoms with E-state index in [0.717, 1.165) is 16.1 Å². The summed E-state index contributed by atoms with van der Waals surface area (Å²) in [6.07, 6.45) is 6.94. The molecule has 3 rings (SSSR count). The standard InChI is InChI=1S/C17H14N4OS/c1-3-13-6-4-7-14(10-13)21(12-15-8-5-9-23-15)17(22)16-11-18-19-20(16)2/h1,4-11H,12H2,2H3. The summed E-state index contributed by atoms with van der Waals surface area (Å²) in [7, 11) is 1.70.